The lowest BCUT2D eigenvalue weighted by Crippen LogP contribution is -2.41. The molecule has 1 aromatic rings. The second kappa shape index (κ2) is 7.92. The zero-order valence-electron chi connectivity index (χ0n) is 13.7. The van der Waals surface area contributed by atoms with Gasteiger partial charge in [-0.3, -0.25) is 0 Å². The molecular weight excluding hydrogens is 280 g/mol. The predicted molar refractivity (Wildman–Crippen MR) is 86.5 cm³/mol. The first-order chi connectivity index (χ1) is 10.7. The van der Waals surface area contributed by atoms with Gasteiger partial charge in [-0.2, -0.15) is 0 Å². The number of likely N-dealkylation sites (tertiary alicyclic amines) is 1. The summed E-state index contributed by atoms with van der Waals surface area (Å²) in [5, 5.41) is 3.07. The number of benzene rings is 1. The number of hydrogen-bond donors (Lipinski definition) is 1. The Balaban J connectivity index is 2.04. The summed E-state index contributed by atoms with van der Waals surface area (Å²) in [4.78, 5) is 14.3. The fraction of sp³-hybridized carbons (Fsp3) is 0.588. The van der Waals surface area contributed by atoms with Gasteiger partial charge in [-0.25, -0.2) is 4.79 Å². The molecule has 0 spiro atoms. The van der Waals surface area contributed by atoms with Crippen LogP contribution in [0.5, 0.6) is 11.5 Å². The minimum Gasteiger partial charge on any atom is -0.497 e. The van der Waals surface area contributed by atoms with Crippen molar-refractivity contribution in [2.75, 3.05) is 27.3 Å². The predicted octanol–water partition coefficient (Wildman–Crippen LogP) is 3.35. The van der Waals surface area contributed by atoms with Gasteiger partial charge >= 0.3 is 6.03 Å². The average molecular weight is 306 g/mol. The molecule has 22 heavy (non-hydrogen) atoms. The van der Waals surface area contributed by atoms with Crippen LogP contribution in [-0.2, 0) is 0 Å². The van der Waals surface area contributed by atoms with E-state index in [0.29, 0.717) is 0 Å². The van der Waals surface area contributed by atoms with Crippen molar-refractivity contribution in [2.24, 2.45) is 0 Å². The molecule has 1 N–H and O–H groups in total. The normalized spacial score (nSPS) is 16.6. The van der Waals surface area contributed by atoms with Crippen LogP contribution in [0.25, 0.3) is 0 Å². The summed E-state index contributed by atoms with van der Waals surface area (Å²) in [5.74, 6) is 1.47. The first-order valence-electron chi connectivity index (χ1n) is 7.93. The van der Waals surface area contributed by atoms with E-state index in [-0.39, 0.29) is 12.1 Å². The second-order valence-corrected chi connectivity index (χ2v) is 5.68. The summed E-state index contributed by atoms with van der Waals surface area (Å²) >= 11 is 0. The SMILES string of the molecule is COc1ccc(C(C)NC(=O)N2CCCCCC2)c(OC)c1. The van der Waals surface area contributed by atoms with Crippen molar-refractivity contribution < 1.29 is 14.3 Å². The van der Waals surface area contributed by atoms with E-state index in [1.807, 2.05) is 30.0 Å². The molecule has 1 fully saturated rings. The Kier molecular flexibility index (Phi) is 5.92. The van der Waals surface area contributed by atoms with Crippen LogP contribution in [0.4, 0.5) is 4.79 Å². The van der Waals surface area contributed by atoms with Crippen LogP contribution in [0.15, 0.2) is 18.2 Å². The average Bonchev–Trinajstić information content (AvgIpc) is 2.83. The van der Waals surface area contributed by atoms with Gasteiger partial charge in [0.2, 0.25) is 0 Å². The molecule has 1 aliphatic heterocycles. The third kappa shape index (κ3) is 4.06. The van der Waals surface area contributed by atoms with Crippen molar-refractivity contribution in [2.45, 2.75) is 38.6 Å². The van der Waals surface area contributed by atoms with Gasteiger partial charge in [0.1, 0.15) is 11.5 Å². The number of ether oxygens (including phenoxy) is 2. The number of methoxy groups -OCH3 is 2. The zero-order chi connectivity index (χ0) is 15.9. The van der Waals surface area contributed by atoms with E-state index < -0.39 is 0 Å². The fourth-order valence-corrected chi connectivity index (χ4v) is 2.80. The molecular formula is C17H26N2O3. The van der Waals surface area contributed by atoms with Gasteiger partial charge in [0.25, 0.3) is 0 Å². The van der Waals surface area contributed by atoms with Crippen LogP contribution in [0.1, 0.15) is 44.2 Å². The van der Waals surface area contributed by atoms with E-state index >= 15 is 0 Å². The first kappa shape index (κ1) is 16.5. The van der Waals surface area contributed by atoms with E-state index in [4.69, 9.17) is 9.47 Å². The van der Waals surface area contributed by atoms with E-state index in [9.17, 15) is 4.79 Å². The molecule has 1 atom stereocenters. The number of hydrogen-bond acceptors (Lipinski definition) is 3. The maximum Gasteiger partial charge on any atom is 0.317 e. The Hall–Kier alpha value is -1.91. The molecule has 1 aliphatic rings. The van der Waals surface area contributed by atoms with Gasteiger partial charge < -0.3 is 19.7 Å². The molecule has 1 aromatic carbocycles. The van der Waals surface area contributed by atoms with Crippen molar-refractivity contribution in [1.29, 1.82) is 0 Å². The standard InChI is InChI=1S/C17H26N2O3/c1-13(15-9-8-14(21-2)12-16(15)22-3)18-17(20)19-10-6-4-5-7-11-19/h8-9,12-13H,4-7,10-11H2,1-3H3,(H,18,20). The van der Waals surface area contributed by atoms with Gasteiger partial charge in [0.05, 0.1) is 20.3 Å². The maximum atomic E-state index is 12.4. The number of carbonyl (C=O) groups is 1. The molecule has 1 unspecified atom stereocenters. The van der Waals surface area contributed by atoms with Crippen molar-refractivity contribution in [1.82, 2.24) is 10.2 Å². The lowest BCUT2D eigenvalue weighted by molar-refractivity contribution is 0.196. The highest BCUT2D eigenvalue weighted by Crippen LogP contribution is 2.29. The smallest absolute Gasteiger partial charge is 0.317 e. The third-order valence-corrected chi connectivity index (χ3v) is 4.14. The van der Waals surface area contributed by atoms with Gasteiger partial charge in [0.15, 0.2) is 0 Å². The summed E-state index contributed by atoms with van der Waals surface area (Å²) in [6, 6.07) is 5.55. The summed E-state index contributed by atoms with van der Waals surface area (Å²) in [6.45, 7) is 3.66. The molecule has 0 aliphatic carbocycles. The van der Waals surface area contributed by atoms with Crippen molar-refractivity contribution in [3.05, 3.63) is 23.8 Å². The maximum absolute atomic E-state index is 12.4. The monoisotopic (exact) mass is 306 g/mol. The first-order valence-corrected chi connectivity index (χ1v) is 7.93. The van der Waals surface area contributed by atoms with Crippen molar-refractivity contribution in [3.8, 4) is 11.5 Å². The summed E-state index contributed by atoms with van der Waals surface area (Å²) in [6.07, 6.45) is 4.61. The Labute approximate surface area is 132 Å². The lowest BCUT2D eigenvalue weighted by Gasteiger charge is -2.24. The largest absolute Gasteiger partial charge is 0.497 e. The Morgan fingerprint density at radius 2 is 1.82 bits per heavy atom. The van der Waals surface area contributed by atoms with Gasteiger partial charge in [-0.1, -0.05) is 12.8 Å². The van der Waals surface area contributed by atoms with Gasteiger partial charge in [-0.05, 0) is 31.9 Å². The molecule has 0 radical (unpaired) electrons. The summed E-state index contributed by atoms with van der Waals surface area (Å²) in [7, 11) is 3.25. The lowest BCUT2D eigenvalue weighted by atomic mass is 10.1. The quantitative estimate of drug-likeness (QED) is 0.928. The molecule has 5 heteroatoms. The molecule has 0 aromatic heterocycles. The van der Waals surface area contributed by atoms with E-state index in [0.717, 1.165) is 43.0 Å². The minimum atomic E-state index is -0.114. The topological polar surface area (TPSA) is 50.8 Å². The molecule has 2 amide bonds. The van der Waals surface area contributed by atoms with Crippen LogP contribution < -0.4 is 14.8 Å². The van der Waals surface area contributed by atoms with Crippen LogP contribution in [0, 0.1) is 0 Å². The Bertz CT molecular complexity index is 497. The molecule has 2 rings (SSSR count). The number of nitrogens with zero attached hydrogens (tertiary/aromatic N) is 1. The van der Waals surface area contributed by atoms with Crippen LogP contribution in [-0.4, -0.2) is 38.2 Å². The van der Waals surface area contributed by atoms with E-state index in [2.05, 4.69) is 5.32 Å². The number of nitrogens with one attached hydrogen (secondary N) is 1. The Morgan fingerprint density at radius 1 is 1.14 bits per heavy atom. The highest BCUT2D eigenvalue weighted by molar-refractivity contribution is 5.74. The van der Waals surface area contributed by atoms with Gasteiger partial charge in [0, 0.05) is 24.7 Å². The van der Waals surface area contributed by atoms with E-state index in [1.165, 1.54) is 12.8 Å². The number of rotatable bonds is 4. The highest BCUT2D eigenvalue weighted by Gasteiger charge is 2.19. The fourth-order valence-electron chi connectivity index (χ4n) is 2.80. The van der Waals surface area contributed by atoms with E-state index in [1.54, 1.807) is 14.2 Å². The van der Waals surface area contributed by atoms with Crippen molar-refractivity contribution >= 4 is 6.03 Å². The van der Waals surface area contributed by atoms with Crippen LogP contribution in [0.3, 0.4) is 0 Å². The highest BCUT2D eigenvalue weighted by atomic mass is 16.5. The Morgan fingerprint density at radius 3 is 2.41 bits per heavy atom. The van der Waals surface area contributed by atoms with Crippen LogP contribution in [0.2, 0.25) is 0 Å². The molecule has 0 bridgehead atoms. The van der Waals surface area contributed by atoms with Crippen LogP contribution >= 0.6 is 0 Å². The minimum absolute atomic E-state index is 0.00673. The number of urea groups is 1. The number of amides is 2. The molecule has 1 heterocycles. The second-order valence-electron chi connectivity index (χ2n) is 5.68. The summed E-state index contributed by atoms with van der Waals surface area (Å²) in [5.41, 5.74) is 0.950. The molecule has 122 valence electrons. The zero-order valence-corrected chi connectivity index (χ0v) is 13.7. The number of carbonyl (C=O) groups excluding carboxylic acids is 1. The van der Waals surface area contributed by atoms with Gasteiger partial charge in [-0.15, -0.1) is 0 Å². The summed E-state index contributed by atoms with van der Waals surface area (Å²) < 4.78 is 10.6. The molecule has 1 saturated heterocycles. The molecule has 5 nitrogen and oxygen atoms in total. The molecule has 0 saturated carbocycles. The van der Waals surface area contributed by atoms with Crippen molar-refractivity contribution in [3.63, 3.8) is 0 Å². The third-order valence-electron chi connectivity index (χ3n) is 4.14.